The quantitative estimate of drug-likeness (QED) is 0.729. The molecule has 1 aliphatic heterocycles. The number of pyridine rings is 1. The van der Waals surface area contributed by atoms with Crippen molar-refractivity contribution in [1.82, 2.24) is 14.6 Å². The maximum Gasteiger partial charge on any atom is 0.261 e. The van der Waals surface area contributed by atoms with Crippen molar-refractivity contribution < 1.29 is 18.0 Å². The number of carbonyl (C=O) groups is 2. The molecule has 1 aliphatic rings. The second-order valence-electron chi connectivity index (χ2n) is 7.41. The summed E-state index contributed by atoms with van der Waals surface area (Å²) in [6, 6.07) is 2.81. The van der Waals surface area contributed by atoms with E-state index in [0.29, 0.717) is 19.3 Å². The van der Waals surface area contributed by atoms with Crippen LogP contribution in [0.5, 0.6) is 0 Å². The van der Waals surface area contributed by atoms with E-state index in [0.717, 1.165) is 4.31 Å². The Balaban J connectivity index is 2.13. The first-order valence-electron chi connectivity index (χ1n) is 9.14. The molecule has 0 spiro atoms. The van der Waals surface area contributed by atoms with Crippen molar-refractivity contribution >= 4 is 21.7 Å². The summed E-state index contributed by atoms with van der Waals surface area (Å²) in [5.41, 5.74) is 5.88. The molecular weight excluding hydrogens is 368 g/mol. The Morgan fingerprint density at radius 1 is 1.37 bits per heavy atom. The number of hydrogen-bond donors (Lipinski definition) is 2. The summed E-state index contributed by atoms with van der Waals surface area (Å²) in [5, 5.41) is 2.60. The van der Waals surface area contributed by atoms with E-state index in [4.69, 9.17) is 5.73 Å². The van der Waals surface area contributed by atoms with Crippen LogP contribution in [0, 0.1) is 5.92 Å². The third-order valence-corrected chi connectivity index (χ3v) is 6.53. The van der Waals surface area contributed by atoms with Crippen LogP contribution in [0.15, 0.2) is 29.4 Å². The lowest BCUT2D eigenvalue weighted by Gasteiger charge is -2.24. The molecular formula is C18H28N4O4S. The lowest BCUT2D eigenvalue weighted by Crippen LogP contribution is -2.50. The van der Waals surface area contributed by atoms with Crippen LogP contribution in [-0.2, 0) is 19.6 Å². The minimum atomic E-state index is -3.89. The largest absolute Gasteiger partial charge is 0.345 e. The zero-order chi connectivity index (χ0) is 20.2. The van der Waals surface area contributed by atoms with Crippen molar-refractivity contribution in [1.29, 1.82) is 0 Å². The summed E-state index contributed by atoms with van der Waals surface area (Å²) < 4.78 is 26.9. The van der Waals surface area contributed by atoms with Crippen LogP contribution in [-0.4, -0.2) is 54.1 Å². The van der Waals surface area contributed by atoms with Gasteiger partial charge in [0.2, 0.25) is 5.91 Å². The van der Waals surface area contributed by atoms with E-state index in [1.54, 1.807) is 19.1 Å². The Morgan fingerprint density at radius 2 is 2.07 bits per heavy atom. The van der Waals surface area contributed by atoms with Crippen molar-refractivity contribution in [3.05, 3.63) is 24.4 Å². The smallest absolute Gasteiger partial charge is 0.261 e. The summed E-state index contributed by atoms with van der Waals surface area (Å²) in [7, 11) is -3.89. The summed E-state index contributed by atoms with van der Waals surface area (Å²) in [6.45, 7) is 5.38. The molecule has 0 bridgehead atoms. The first kappa shape index (κ1) is 21.5. The predicted molar refractivity (Wildman–Crippen MR) is 101 cm³/mol. The second-order valence-corrected chi connectivity index (χ2v) is 9.25. The molecule has 8 nitrogen and oxygen atoms in total. The molecule has 1 aromatic heterocycles. The number of amides is 1. The molecule has 2 heterocycles. The van der Waals surface area contributed by atoms with E-state index in [-0.39, 0.29) is 35.2 Å². The van der Waals surface area contributed by atoms with Crippen LogP contribution in [0.1, 0.15) is 40.0 Å². The van der Waals surface area contributed by atoms with Gasteiger partial charge in [0.1, 0.15) is 0 Å². The number of aromatic nitrogens is 1. The van der Waals surface area contributed by atoms with Gasteiger partial charge in [-0.1, -0.05) is 19.9 Å². The van der Waals surface area contributed by atoms with Crippen LogP contribution >= 0.6 is 0 Å². The fraction of sp³-hybridized carbons (Fsp3) is 0.611. The van der Waals surface area contributed by atoms with Gasteiger partial charge in [0.05, 0.1) is 18.6 Å². The van der Waals surface area contributed by atoms with E-state index in [9.17, 15) is 18.0 Å². The Kier molecular flexibility index (Phi) is 7.07. The summed E-state index contributed by atoms with van der Waals surface area (Å²) in [5.74, 6) is -0.464. The average molecular weight is 397 g/mol. The van der Waals surface area contributed by atoms with Gasteiger partial charge < -0.3 is 11.1 Å². The number of sulfonamides is 1. The van der Waals surface area contributed by atoms with Gasteiger partial charge in [0.25, 0.3) is 10.0 Å². The number of nitrogens with zero attached hydrogens (tertiary/aromatic N) is 2. The Bertz CT molecular complexity index is 767. The highest BCUT2D eigenvalue weighted by Crippen LogP contribution is 2.22. The van der Waals surface area contributed by atoms with Gasteiger partial charge in [0, 0.05) is 12.2 Å². The molecule has 0 aromatic carbocycles. The van der Waals surface area contributed by atoms with Crippen molar-refractivity contribution in [3.63, 3.8) is 0 Å². The summed E-state index contributed by atoms with van der Waals surface area (Å²) in [4.78, 5) is 28.8. The minimum absolute atomic E-state index is 0.0916. The fourth-order valence-electron chi connectivity index (χ4n) is 3.12. The molecule has 1 aromatic rings. The van der Waals surface area contributed by atoms with E-state index in [2.05, 4.69) is 10.3 Å². The van der Waals surface area contributed by atoms with E-state index in [1.807, 2.05) is 13.8 Å². The Labute approximate surface area is 160 Å². The summed E-state index contributed by atoms with van der Waals surface area (Å²) in [6.07, 6.45) is 2.73. The first-order chi connectivity index (χ1) is 12.6. The molecule has 3 atom stereocenters. The number of hydrogen-bond acceptors (Lipinski definition) is 6. The van der Waals surface area contributed by atoms with Crippen LogP contribution in [0.4, 0.5) is 0 Å². The molecule has 0 unspecified atom stereocenters. The lowest BCUT2D eigenvalue weighted by atomic mass is 10.0. The van der Waals surface area contributed by atoms with Gasteiger partial charge in [-0.25, -0.2) is 13.4 Å². The standard InChI is InChI=1S/C18H28N4O4S/c1-12(2)10-14(19)18(24)21-15-8-7-13(3)22(11-16(15)23)27(25,26)17-6-4-5-9-20-17/h4-6,9,12-15H,7-8,10-11,19H2,1-3H3,(H,21,24)/t13-,14+,15+/m1/s1. The Morgan fingerprint density at radius 3 is 2.67 bits per heavy atom. The number of nitrogens with one attached hydrogen (secondary N) is 1. The van der Waals surface area contributed by atoms with Crippen molar-refractivity contribution in [2.45, 2.75) is 63.2 Å². The van der Waals surface area contributed by atoms with Gasteiger partial charge >= 0.3 is 0 Å². The topological polar surface area (TPSA) is 122 Å². The zero-order valence-electron chi connectivity index (χ0n) is 16.0. The molecule has 150 valence electrons. The molecule has 1 amide bonds. The minimum Gasteiger partial charge on any atom is -0.345 e. The third-order valence-electron chi connectivity index (χ3n) is 4.65. The van der Waals surface area contributed by atoms with Crippen LogP contribution in [0.2, 0.25) is 0 Å². The maximum absolute atomic E-state index is 12.9. The molecule has 3 N–H and O–H groups in total. The van der Waals surface area contributed by atoms with Crippen molar-refractivity contribution in [2.24, 2.45) is 11.7 Å². The van der Waals surface area contributed by atoms with Crippen LogP contribution in [0.25, 0.3) is 0 Å². The van der Waals surface area contributed by atoms with E-state index >= 15 is 0 Å². The Hall–Kier alpha value is -1.84. The molecule has 0 saturated carbocycles. The maximum atomic E-state index is 12.9. The van der Waals surface area contributed by atoms with Crippen molar-refractivity contribution in [2.75, 3.05) is 6.54 Å². The van der Waals surface area contributed by atoms with E-state index in [1.165, 1.54) is 12.3 Å². The average Bonchev–Trinajstić information content (AvgIpc) is 2.75. The second kappa shape index (κ2) is 8.90. The molecule has 9 heteroatoms. The monoisotopic (exact) mass is 396 g/mol. The lowest BCUT2D eigenvalue weighted by molar-refractivity contribution is -0.128. The zero-order valence-corrected chi connectivity index (χ0v) is 16.8. The van der Waals surface area contributed by atoms with Gasteiger partial charge in [-0.15, -0.1) is 0 Å². The molecule has 27 heavy (non-hydrogen) atoms. The van der Waals surface area contributed by atoms with Crippen LogP contribution in [0.3, 0.4) is 0 Å². The molecule has 1 saturated heterocycles. The normalized spacial score (nSPS) is 23.1. The fourth-order valence-corrected chi connectivity index (χ4v) is 4.68. The third kappa shape index (κ3) is 5.33. The number of nitrogens with two attached hydrogens (primary N) is 1. The molecule has 0 aliphatic carbocycles. The molecule has 2 rings (SSSR count). The summed E-state index contributed by atoms with van der Waals surface area (Å²) >= 11 is 0. The number of ketones is 1. The molecule has 1 fully saturated rings. The highest BCUT2D eigenvalue weighted by molar-refractivity contribution is 7.89. The van der Waals surface area contributed by atoms with Crippen molar-refractivity contribution in [3.8, 4) is 0 Å². The highest BCUT2D eigenvalue weighted by atomic mass is 32.2. The first-order valence-corrected chi connectivity index (χ1v) is 10.6. The van der Waals surface area contributed by atoms with Gasteiger partial charge in [-0.2, -0.15) is 4.31 Å². The SMILES string of the molecule is CC(C)C[C@H](N)C(=O)N[C@H]1CC[C@@H](C)N(S(=O)(=O)c2ccccn2)CC1=O. The van der Waals surface area contributed by atoms with Crippen LogP contribution < -0.4 is 11.1 Å². The predicted octanol–water partition coefficient (Wildman–Crippen LogP) is 0.682. The molecule has 0 radical (unpaired) electrons. The number of carbonyl (C=O) groups excluding carboxylic acids is 2. The number of Topliss-reactive ketones (excluding diaryl/α,β-unsaturated/α-hetero) is 1. The highest BCUT2D eigenvalue weighted by Gasteiger charge is 2.37. The number of rotatable bonds is 6. The van der Waals surface area contributed by atoms with Gasteiger partial charge in [-0.3, -0.25) is 9.59 Å². The van der Waals surface area contributed by atoms with Gasteiger partial charge in [0.15, 0.2) is 10.8 Å². The van der Waals surface area contributed by atoms with Gasteiger partial charge in [-0.05, 0) is 44.2 Å². The van der Waals surface area contributed by atoms with E-state index < -0.39 is 22.1 Å².